The molecule has 30 atom stereocenters. The SMILES string of the molecule is CC(=O)N[C@H]1[C@H](O[C@H]2[C@@H](O)[C@@H](CO[C@@H]3O[C@H](CO)[C@@H](O)[C@H](O)[C@H]3NC(C)=O)O[C@@H](O[C@@H]([C@H](O)[C@@H](O)CO)[C@H](O)CO)[C@@H]2O)O[C@H](CO)[C@@H](O[C@@H]2O[C@H](CO[C@]3(C(=O)O)C[C@H](O)[C@@H](NC(C)=O)[C@H]([C@H](O)[C@H](O)CO)O3)[C@H](O)[C@H](O)[C@H]2O)[C@@H]1O. The van der Waals surface area contributed by atoms with E-state index in [0.29, 0.717) is 0 Å². The Labute approximate surface area is 464 Å². The number of hydrogen-bond donors (Lipinski definition) is 23. The van der Waals surface area contributed by atoms with Gasteiger partial charge in [-0.05, 0) is 0 Å². The van der Waals surface area contributed by atoms with Crippen LogP contribution in [0.3, 0.4) is 0 Å². The van der Waals surface area contributed by atoms with Crippen LogP contribution >= 0.6 is 0 Å². The van der Waals surface area contributed by atoms with E-state index in [1.165, 1.54) is 0 Å². The minimum Gasteiger partial charge on any atom is -0.477 e. The Bertz CT molecular complexity index is 2040. The van der Waals surface area contributed by atoms with Crippen LogP contribution in [0.2, 0.25) is 0 Å². The highest BCUT2D eigenvalue weighted by molar-refractivity contribution is 5.77. The van der Waals surface area contributed by atoms with Gasteiger partial charge in [0.1, 0.15) is 140 Å². The maximum atomic E-state index is 12.8. The molecule has 0 saturated carbocycles. The van der Waals surface area contributed by atoms with E-state index in [4.69, 9.17) is 47.4 Å². The molecule has 37 nitrogen and oxygen atoms in total. The number of aliphatic carboxylic acids is 1. The van der Waals surface area contributed by atoms with Crippen LogP contribution in [0.25, 0.3) is 0 Å². The second-order valence-corrected chi connectivity index (χ2v) is 20.2. The Morgan fingerprint density at radius 2 is 1.02 bits per heavy atom. The smallest absolute Gasteiger partial charge is 0.364 e. The van der Waals surface area contributed by atoms with Crippen LogP contribution in [0, 0.1) is 0 Å². The van der Waals surface area contributed by atoms with Crippen molar-refractivity contribution in [1.82, 2.24) is 16.0 Å². The lowest BCUT2D eigenvalue weighted by Crippen LogP contribution is -2.70. The van der Waals surface area contributed by atoms with Gasteiger partial charge in [-0.3, -0.25) is 14.4 Å². The minimum absolute atomic E-state index is 0.767. The monoisotopic (exact) mass is 1200 g/mol. The van der Waals surface area contributed by atoms with Gasteiger partial charge in [0.2, 0.25) is 17.7 Å². The van der Waals surface area contributed by atoms with Crippen LogP contribution in [0.5, 0.6) is 0 Å². The summed E-state index contributed by atoms with van der Waals surface area (Å²) in [4.78, 5) is 49.6. The third-order valence-electron chi connectivity index (χ3n) is 14.2. The highest BCUT2D eigenvalue weighted by atomic mass is 16.8. The van der Waals surface area contributed by atoms with Gasteiger partial charge in [0.05, 0.1) is 58.4 Å². The summed E-state index contributed by atoms with van der Waals surface area (Å²) >= 11 is 0. The molecule has 37 heteroatoms. The molecular formula is C45H77N3O34. The van der Waals surface area contributed by atoms with Crippen molar-refractivity contribution in [2.24, 2.45) is 0 Å². The van der Waals surface area contributed by atoms with Crippen molar-refractivity contribution in [1.29, 1.82) is 0 Å². The van der Waals surface area contributed by atoms with Crippen molar-refractivity contribution in [3.63, 3.8) is 0 Å². The van der Waals surface area contributed by atoms with E-state index in [1.54, 1.807) is 0 Å². The van der Waals surface area contributed by atoms with Crippen LogP contribution in [0.15, 0.2) is 0 Å². The zero-order chi connectivity index (χ0) is 61.4. The van der Waals surface area contributed by atoms with E-state index in [9.17, 15) is 121 Å². The standard InChI is InChI=1S/C45H77N3O34/c1-12(54)46-23-15(57)4-45(44(71)72,82-38(23)27(62)17(59)6-50)74-11-22-29(64)33(68)34(69)42(78-22)80-37-20(9-53)76-41(25(32(37)67)48-14(3)56)81-39-30(65)21(10-73-40-24(47-13(2)55)31(66)28(63)19(8-52)75-40)77-43(35(39)70)79-36(18(60)7-51)26(61)16(58)5-49/h15-43,49-53,57-70H,4-11H2,1-3H3,(H,46,54)(H,47,55)(H,48,56)(H,71,72)/t15-,16-,17+,18+,19+,20+,21+,22+,23+,24+,25+,26+,27+,28+,29-,30-,31+,32+,33-,34+,35+,36+,37+,38+,39-,40+,41-,42-,43-,45+/m0/s1. The molecule has 0 aromatic rings. The fourth-order valence-corrected chi connectivity index (χ4v) is 9.81. The van der Waals surface area contributed by atoms with Crippen LogP contribution in [-0.4, -0.2) is 355 Å². The summed E-state index contributed by atoms with van der Waals surface area (Å²) in [5.74, 6) is -7.53. The Kier molecular flexibility index (Phi) is 25.7. The van der Waals surface area contributed by atoms with Gasteiger partial charge in [0, 0.05) is 27.2 Å². The predicted octanol–water partition coefficient (Wildman–Crippen LogP) is -14.8. The number of aliphatic hydroxyl groups excluding tert-OH is 19. The largest absolute Gasteiger partial charge is 0.477 e. The van der Waals surface area contributed by atoms with Gasteiger partial charge in [0.15, 0.2) is 25.2 Å². The average Bonchev–Trinajstić information content (AvgIpc) is 3.47. The number of aliphatic hydroxyl groups is 19. The molecule has 476 valence electrons. The third kappa shape index (κ3) is 16.0. The zero-order valence-corrected chi connectivity index (χ0v) is 44.1. The molecule has 5 aliphatic heterocycles. The summed E-state index contributed by atoms with van der Waals surface area (Å²) in [6.07, 6.45) is -54.8. The number of carboxylic acids is 1. The lowest BCUT2D eigenvalue weighted by atomic mass is 9.88. The Morgan fingerprint density at radius 1 is 0.524 bits per heavy atom. The topological polar surface area (TPSA) is 601 Å². The normalized spacial score (nSPS) is 42.2. The van der Waals surface area contributed by atoms with Crippen molar-refractivity contribution < 1.29 is 169 Å². The molecule has 0 radical (unpaired) electrons. The van der Waals surface area contributed by atoms with Gasteiger partial charge in [-0.25, -0.2) is 4.79 Å². The lowest BCUT2D eigenvalue weighted by Gasteiger charge is -2.50. The first kappa shape index (κ1) is 69.5. The van der Waals surface area contributed by atoms with Gasteiger partial charge in [-0.1, -0.05) is 0 Å². The maximum Gasteiger partial charge on any atom is 0.364 e. The number of nitrogens with one attached hydrogen (secondary N) is 3. The van der Waals surface area contributed by atoms with Gasteiger partial charge >= 0.3 is 5.97 Å². The maximum absolute atomic E-state index is 12.8. The molecule has 5 rings (SSSR count). The molecule has 0 aliphatic carbocycles. The molecule has 5 saturated heterocycles. The fraction of sp³-hybridized carbons (Fsp3) is 0.911. The van der Waals surface area contributed by atoms with Gasteiger partial charge in [-0.15, -0.1) is 0 Å². The molecule has 0 unspecified atom stereocenters. The number of ether oxygens (including phenoxy) is 10. The Morgan fingerprint density at radius 3 is 1.57 bits per heavy atom. The molecule has 0 bridgehead atoms. The van der Waals surface area contributed by atoms with Crippen molar-refractivity contribution in [3.05, 3.63) is 0 Å². The number of rotatable bonds is 26. The van der Waals surface area contributed by atoms with Gasteiger partial charge < -0.3 is 165 Å². The second-order valence-electron chi connectivity index (χ2n) is 20.2. The van der Waals surface area contributed by atoms with E-state index >= 15 is 0 Å². The van der Waals surface area contributed by atoms with E-state index in [-0.39, 0.29) is 0 Å². The molecule has 5 fully saturated rings. The summed E-state index contributed by atoms with van der Waals surface area (Å²) in [5, 5.41) is 220. The van der Waals surface area contributed by atoms with Crippen LogP contribution < -0.4 is 16.0 Å². The average molecular weight is 1200 g/mol. The molecule has 3 amide bonds. The summed E-state index contributed by atoms with van der Waals surface area (Å²) in [6, 6.07) is -5.12. The Hall–Kier alpha value is -3.28. The quantitative estimate of drug-likeness (QED) is 0.0382. The number of carbonyl (C=O) groups excluding carboxylic acids is 3. The first-order valence-corrected chi connectivity index (χ1v) is 25.6. The third-order valence-corrected chi connectivity index (χ3v) is 14.2. The number of hydrogen-bond acceptors (Lipinski definition) is 33. The lowest BCUT2D eigenvalue weighted by molar-refractivity contribution is -0.378. The van der Waals surface area contributed by atoms with Crippen LogP contribution in [0.4, 0.5) is 0 Å². The molecule has 23 N–H and O–H groups in total. The van der Waals surface area contributed by atoms with E-state index in [2.05, 4.69) is 16.0 Å². The molecule has 5 aliphatic rings. The first-order valence-electron chi connectivity index (χ1n) is 25.6. The van der Waals surface area contributed by atoms with Crippen molar-refractivity contribution in [2.75, 3.05) is 46.2 Å². The van der Waals surface area contributed by atoms with E-state index < -0.39 is 260 Å². The predicted molar refractivity (Wildman–Crippen MR) is 253 cm³/mol. The Balaban J connectivity index is 1.43. The van der Waals surface area contributed by atoms with Crippen molar-refractivity contribution >= 4 is 23.7 Å². The molecule has 82 heavy (non-hydrogen) atoms. The van der Waals surface area contributed by atoms with Gasteiger partial charge in [0.25, 0.3) is 5.79 Å². The summed E-state index contributed by atoms with van der Waals surface area (Å²) in [7, 11) is 0. The first-order chi connectivity index (χ1) is 38.5. The highest BCUT2D eigenvalue weighted by Gasteiger charge is 2.59. The fourth-order valence-electron chi connectivity index (χ4n) is 9.81. The van der Waals surface area contributed by atoms with Crippen molar-refractivity contribution in [3.8, 4) is 0 Å². The second kappa shape index (κ2) is 30.4. The molecule has 5 heterocycles. The molecule has 0 spiro atoms. The molecule has 0 aromatic carbocycles. The highest BCUT2D eigenvalue weighted by Crippen LogP contribution is 2.37. The summed E-state index contributed by atoms with van der Waals surface area (Å²) < 4.78 is 57.3. The number of amides is 3. The van der Waals surface area contributed by atoms with Gasteiger partial charge in [-0.2, -0.15) is 0 Å². The number of carbonyl (C=O) groups is 4. The molecule has 0 aromatic heterocycles. The summed E-state index contributed by atoms with van der Waals surface area (Å²) in [6.45, 7) is -4.63. The van der Waals surface area contributed by atoms with E-state index in [1.807, 2.05) is 0 Å². The minimum atomic E-state index is -3.01. The van der Waals surface area contributed by atoms with Crippen molar-refractivity contribution in [2.45, 2.75) is 211 Å². The zero-order valence-electron chi connectivity index (χ0n) is 44.1. The van der Waals surface area contributed by atoms with Crippen LogP contribution in [0.1, 0.15) is 27.2 Å². The molecular weight excluding hydrogens is 1130 g/mol. The van der Waals surface area contributed by atoms with Crippen LogP contribution in [-0.2, 0) is 66.5 Å². The summed E-state index contributed by atoms with van der Waals surface area (Å²) in [5.41, 5.74) is 0. The van der Waals surface area contributed by atoms with E-state index in [0.717, 1.165) is 20.8 Å². The number of carboxylic acid groups (broad SMARTS) is 1.